The van der Waals surface area contributed by atoms with Crippen molar-refractivity contribution < 1.29 is 18.9 Å². The lowest BCUT2D eigenvalue weighted by molar-refractivity contribution is -0.123. The van der Waals surface area contributed by atoms with Gasteiger partial charge in [-0.1, -0.05) is 49.2 Å². The summed E-state index contributed by atoms with van der Waals surface area (Å²) in [7, 11) is 0. The van der Waals surface area contributed by atoms with Crippen LogP contribution in [0.25, 0.3) is 11.4 Å². The van der Waals surface area contributed by atoms with Crippen LogP contribution in [-0.2, 0) is 27.3 Å². The van der Waals surface area contributed by atoms with Crippen LogP contribution in [0.1, 0.15) is 47.1 Å². The molecule has 0 aliphatic rings. The molecule has 2 N–H and O–H groups in total. The Morgan fingerprint density at radius 1 is 0.917 bits per heavy atom. The van der Waals surface area contributed by atoms with Gasteiger partial charge in [-0.15, -0.1) is 10.2 Å². The molecule has 0 saturated carbocycles. The van der Waals surface area contributed by atoms with Gasteiger partial charge < -0.3 is 19.9 Å². The van der Waals surface area contributed by atoms with Gasteiger partial charge in [-0.3, -0.25) is 4.79 Å². The molecule has 190 valence electrons. The minimum Gasteiger partial charge on any atom is -0.604 e. The number of nitrogens with zero attached hydrogens (tertiary/aromatic N) is 4. The Labute approximate surface area is 213 Å². The van der Waals surface area contributed by atoms with Gasteiger partial charge in [-0.05, 0) is 51.1 Å². The van der Waals surface area contributed by atoms with Gasteiger partial charge in [0, 0.05) is 27.8 Å². The van der Waals surface area contributed by atoms with Gasteiger partial charge in [-0.25, -0.2) is 4.79 Å². The number of aromatic nitrogens is 4. The quantitative estimate of drug-likeness (QED) is 0.472. The number of carbonyl (C=O) groups is 2. The molecule has 0 radical (unpaired) electrons. The van der Waals surface area contributed by atoms with Crippen LogP contribution >= 0.6 is 0 Å². The first-order valence-electron chi connectivity index (χ1n) is 11.3. The zero-order valence-electron chi connectivity index (χ0n) is 21.2. The van der Waals surface area contributed by atoms with Crippen molar-refractivity contribution in [3.05, 3.63) is 54.1 Å². The highest BCUT2D eigenvalue weighted by Crippen LogP contribution is 2.24. The first kappa shape index (κ1) is 27.0. The Balaban J connectivity index is 1.70. The Morgan fingerprint density at radius 3 is 2.11 bits per heavy atom. The third kappa shape index (κ3) is 7.46. The van der Waals surface area contributed by atoms with Crippen molar-refractivity contribution in [2.75, 3.05) is 5.32 Å². The van der Waals surface area contributed by atoms with Crippen molar-refractivity contribution in [1.82, 2.24) is 25.7 Å². The molecule has 1 heterocycles. The van der Waals surface area contributed by atoms with E-state index >= 15 is 0 Å². The zero-order chi connectivity index (χ0) is 26.5. The largest absolute Gasteiger partial charge is 0.604 e. The predicted octanol–water partition coefficient (Wildman–Crippen LogP) is 4.11. The molecule has 0 aliphatic heterocycles. The van der Waals surface area contributed by atoms with E-state index in [2.05, 4.69) is 31.0 Å². The van der Waals surface area contributed by atoms with Crippen LogP contribution in [0.3, 0.4) is 0 Å². The fourth-order valence-corrected chi connectivity index (χ4v) is 3.81. The summed E-state index contributed by atoms with van der Waals surface area (Å²) in [5, 5.41) is 21.6. The van der Waals surface area contributed by atoms with Crippen LogP contribution in [0.5, 0.6) is 0 Å². The molecule has 0 fully saturated rings. The van der Waals surface area contributed by atoms with Gasteiger partial charge in [0.15, 0.2) is 4.90 Å². The van der Waals surface area contributed by atoms with E-state index in [4.69, 9.17) is 4.74 Å². The lowest BCUT2D eigenvalue weighted by Crippen LogP contribution is -2.40. The van der Waals surface area contributed by atoms with E-state index in [0.717, 1.165) is 0 Å². The molecule has 11 heteroatoms. The average Bonchev–Trinajstić information content (AvgIpc) is 2.81. The fraction of sp³-hybridized carbons (Fsp3) is 0.360. The molecule has 2 amide bonds. The summed E-state index contributed by atoms with van der Waals surface area (Å²) in [6.45, 7) is 11.0. The van der Waals surface area contributed by atoms with Crippen molar-refractivity contribution in [2.45, 2.75) is 63.7 Å². The van der Waals surface area contributed by atoms with Crippen LogP contribution in [0.15, 0.2) is 58.6 Å². The van der Waals surface area contributed by atoms with Crippen LogP contribution in [0.2, 0.25) is 0 Å². The van der Waals surface area contributed by atoms with E-state index in [-0.39, 0.29) is 23.5 Å². The van der Waals surface area contributed by atoms with Gasteiger partial charge in [0.2, 0.25) is 11.7 Å². The Hall–Kier alpha value is -3.57. The minimum atomic E-state index is -1.78. The summed E-state index contributed by atoms with van der Waals surface area (Å²) in [5.74, 6) is 0.155. The number of benzene rings is 2. The van der Waals surface area contributed by atoms with Gasteiger partial charge in [0.25, 0.3) is 0 Å². The molecular formula is C25H30N6O4S. The Morgan fingerprint density at radius 2 is 1.53 bits per heavy atom. The number of alkyl carbamates (subject to hydrolysis) is 1. The van der Waals surface area contributed by atoms with Crippen LogP contribution in [0.4, 0.5) is 10.5 Å². The summed E-state index contributed by atoms with van der Waals surface area (Å²) in [5.41, 5.74) is 0.894. The molecule has 1 atom stereocenters. The van der Waals surface area contributed by atoms with Crippen LogP contribution < -0.4 is 10.6 Å². The number of ether oxygens (including phenoxy) is 1. The molecule has 0 spiro atoms. The van der Waals surface area contributed by atoms with E-state index < -0.39 is 28.2 Å². The summed E-state index contributed by atoms with van der Waals surface area (Å²) < 4.78 is 18.4. The van der Waals surface area contributed by atoms with E-state index in [1.54, 1.807) is 48.5 Å². The number of hydrogen-bond donors (Lipinski definition) is 2. The summed E-state index contributed by atoms with van der Waals surface area (Å²) in [6, 6.07) is 13.8. The van der Waals surface area contributed by atoms with Crippen LogP contribution in [0, 0.1) is 5.41 Å². The second-order valence-corrected chi connectivity index (χ2v) is 11.5. The molecule has 36 heavy (non-hydrogen) atoms. The standard InChI is InChI=1S/C25H30N6O4S/c1-24(2,3)21(32)26-18-13-11-16(12-14-18)20-28-30-22(31-29-20)36(34)19-10-8-7-9-17(19)15-35-23(33)27-25(4,5)6/h7-14H,15H2,1-6H3,(H,26,32)(H,27,33). The smallest absolute Gasteiger partial charge is 0.407 e. The highest BCUT2D eigenvalue weighted by Gasteiger charge is 2.25. The number of nitrogens with one attached hydrogen (secondary N) is 2. The lowest BCUT2D eigenvalue weighted by atomic mass is 9.95. The van der Waals surface area contributed by atoms with Crippen molar-refractivity contribution in [2.24, 2.45) is 5.41 Å². The number of carbonyl (C=O) groups excluding carboxylic acids is 2. The maximum absolute atomic E-state index is 13.1. The van der Waals surface area contributed by atoms with E-state index in [1.165, 1.54) is 0 Å². The van der Waals surface area contributed by atoms with Gasteiger partial charge in [0.05, 0.1) is 11.2 Å². The van der Waals surface area contributed by atoms with Gasteiger partial charge in [0.1, 0.15) is 6.61 Å². The molecule has 10 nitrogen and oxygen atoms in total. The number of amides is 2. The second kappa shape index (κ2) is 11.0. The van der Waals surface area contributed by atoms with Crippen molar-refractivity contribution in [3.63, 3.8) is 0 Å². The highest BCUT2D eigenvalue weighted by molar-refractivity contribution is 7.91. The monoisotopic (exact) mass is 510 g/mol. The zero-order valence-corrected chi connectivity index (χ0v) is 22.0. The molecule has 1 aromatic heterocycles. The van der Waals surface area contributed by atoms with Crippen molar-refractivity contribution >= 4 is 28.9 Å². The number of hydrogen-bond acceptors (Lipinski definition) is 8. The molecule has 1 unspecified atom stereocenters. The van der Waals surface area contributed by atoms with E-state index in [9.17, 15) is 14.1 Å². The highest BCUT2D eigenvalue weighted by atomic mass is 32.2. The van der Waals surface area contributed by atoms with E-state index in [0.29, 0.717) is 21.7 Å². The summed E-state index contributed by atoms with van der Waals surface area (Å²) in [6.07, 6.45) is -0.573. The Kier molecular flexibility index (Phi) is 8.26. The summed E-state index contributed by atoms with van der Waals surface area (Å²) >= 11 is -1.78. The Bertz CT molecular complexity index is 1200. The fourth-order valence-electron chi connectivity index (χ4n) is 2.82. The number of rotatable bonds is 6. The lowest BCUT2D eigenvalue weighted by Gasteiger charge is -2.20. The average molecular weight is 511 g/mol. The first-order valence-corrected chi connectivity index (χ1v) is 12.4. The molecule has 0 bridgehead atoms. The summed E-state index contributed by atoms with van der Waals surface area (Å²) in [4.78, 5) is 24.5. The molecule has 0 aliphatic carbocycles. The topological polar surface area (TPSA) is 142 Å². The van der Waals surface area contributed by atoms with Crippen molar-refractivity contribution in [3.8, 4) is 11.4 Å². The third-order valence-corrected chi connectivity index (χ3v) is 6.01. The van der Waals surface area contributed by atoms with Gasteiger partial charge in [-0.2, -0.15) is 0 Å². The predicted molar refractivity (Wildman–Crippen MR) is 135 cm³/mol. The van der Waals surface area contributed by atoms with Crippen molar-refractivity contribution in [1.29, 1.82) is 0 Å². The molecule has 2 aromatic carbocycles. The third-order valence-electron chi connectivity index (χ3n) is 4.72. The normalized spacial score (nSPS) is 12.5. The van der Waals surface area contributed by atoms with Gasteiger partial charge >= 0.3 is 11.2 Å². The minimum absolute atomic E-state index is 0.0686. The van der Waals surface area contributed by atoms with Crippen LogP contribution in [-0.4, -0.2) is 42.5 Å². The number of anilines is 1. The second-order valence-electron chi connectivity index (χ2n) is 10.1. The maximum atomic E-state index is 13.1. The molecular weight excluding hydrogens is 480 g/mol. The molecule has 0 saturated heterocycles. The first-order chi connectivity index (χ1) is 16.8. The maximum Gasteiger partial charge on any atom is 0.407 e. The molecule has 3 aromatic rings. The molecule has 3 rings (SSSR count). The van der Waals surface area contributed by atoms with E-state index in [1.807, 2.05) is 41.5 Å². The SMILES string of the molecule is CC(C)(C)NC(=O)OCc1ccccc1[S+]([O-])c1nnc(-c2ccc(NC(=O)C(C)(C)C)cc2)nn1.